The number of carbonyl (C=O) groups excluding carboxylic acids is 1. The van der Waals surface area contributed by atoms with Gasteiger partial charge in [0.15, 0.2) is 0 Å². The average Bonchev–Trinajstić information content (AvgIpc) is 2.70. The molecule has 0 saturated carbocycles. The quantitative estimate of drug-likeness (QED) is 0.908. The van der Waals surface area contributed by atoms with Gasteiger partial charge in [0.2, 0.25) is 0 Å². The molecule has 6 heteroatoms. The summed E-state index contributed by atoms with van der Waals surface area (Å²) in [6, 6.07) is 8.12. The van der Waals surface area contributed by atoms with Crippen LogP contribution in [-0.4, -0.2) is 17.0 Å². The molecule has 0 spiro atoms. The van der Waals surface area contributed by atoms with Crippen molar-refractivity contribution in [1.29, 1.82) is 0 Å². The zero-order chi connectivity index (χ0) is 14.0. The van der Waals surface area contributed by atoms with Crippen LogP contribution >= 0.6 is 22.9 Å². The molecule has 0 saturated heterocycles. The largest absolute Gasteiger partial charge is 0.478 e. The summed E-state index contributed by atoms with van der Waals surface area (Å²) in [6.07, 6.45) is 0. The van der Waals surface area contributed by atoms with E-state index in [4.69, 9.17) is 16.7 Å². The number of hydrogen-bond donors (Lipinski definition) is 2. The van der Waals surface area contributed by atoms with Gasteiger partial charge in [-0.3, -0.25) is 4.79 Å². The van der Waals surface area contributed by atoms with Crippen LogP contribution < -0.4 is 5.32 Å². The predicted octanol–water partition coefficient (Wildman–Crippen LogP) is 3.66. The third kappa shape index (κ3) is 2.94. The summed E-state index contributed by atoms with van der Waals surface area (Å²) in [5.41, 5.74) is 0.398. The Morgan fingerprint density at radius 2 is 1.95 bits per heavy atom. The van der Waals surface area contributed by atoms with Crippen molar-refractivity contribution in [2.24, 2.45) is 0 Å². The molecule has 2 N–H and O–H groups in total. The van der Waals surface area contributed by atoms with Crippen LogP contribution in [0.1, 0.15) is 25.6 Å². The number of carbonyl (C=O) groups is 2. The first-order chi connectivity index (χ1) is 8.99. The monoisotopic (exact) mass is 295 g/mol. The Labute approximate surface area is 118 Å². The van der Waals surface area contributed by atoms with Gasteiger partial charge in [-0.2, -0.15) is 0 Å². The number of benzene rings is 1. The molecule has 0 radical (unpaired) electrons. The number of aryl methyl sites for hydroxylation is 1. The molecule has 98 valence electrons. The topological polar surface area (TPSA) is 66.4 Å². The SMILES string of the molecule is Cc1cc(C(=O)O)c(NC(=O)c2ccccc2Cl)s1. The number of aromatic carboxylic acids is 1. The highest BCUT2D eigenvalue weighted by Gasteiger charge is 2.17. The molecule has 2 rings (SSSR count). The summed E-state index contributed by atoms with van der Waals surface area (Å²) < 4.78 is 0. The highest BCUT2D eigenvalue weighted by atomic mass is 35.5. The Morgan fingerprint density at radius 1 is 1.26 bits per heavy atom. The Hall–Kier alpha value is -1.85. The van der Waals surface area contributed by atoms with Gasteiger partial charge in [-0.25, -0.2) is 4.79 Å². The maximum absolute atomic E-state index is 12.0. The summed E-state index contributed by atoms with van der Waals surface area (Å²) in [4.78, 5) is 23.9. The number of amides is 1. The summed E-state index contributed by atoms with van der Waals surface area (Å²) in [7, 11) is 0. The van der Waals surface area contributed by atoms with E-state index in [1.54, 1.807) is 31.2 Å². The van der Waals surface area contributed by atoms with Crippen molar-refractivity contribution in [3.05, 3.63) is 51.4 Å². The molecule has 0 aliphatic rings. The van der Waals surface area contributed by atoms with E-state index in [0.29, 0.717) is 15.6 Å². The molecule has 0 aliphatic heterocycles. The maximum Gasteiger partial charge on any atom is 0.338 e. The number of halogens is 1. The minimum Gasteiger partial charge on any atom is -0.478 e. The molecule has 19 heavy (non-hydrogen) atoms. The van der Waals surface area contributed by atoms with Gasteiger partial charge in [0.1, 0.15) is 5.00 Å². The molecule has 1 amide bonds. The van der Waals surface area contributed by atoms with Crippen molar-refractivity contribution in [3.8, 4) is 0 Å². The average molecular weight is 296 g/mol. The molecule has 2 aromatic rings. The van der Waals surface area contributed by atoms with Crippen LogP contribution in [0, 0.1) is 6.92 Å². The van der Waals surface area contributed by atoms with Crippen molar-refractivity contribution in [2.45, 2.75) is 6.92 Å². The fraction of sp³-hybridized carbons (Fsp3) is 0.0769. The van der Waals surface area contributed by atoms with Crippen LogP contribution in [-0.2, 0) is 0 Å². The summed E-state index contributed by atoms with van der Waals surface area (Å²) in [5.74, 6) is -1.49. The molecule has 0 unspecified atom stereocenters. The standard InChI is InChI=1S/C13H10ClNO3S/c1-7-6-9(13(17)18)12(19-7)15-11(16)8-4-2-3-5-10(8)14/h2-6H,1H3,(H,15,16)(H,17,18). The zero-order valence-corrected chi connectivity index (χ0v) is 11.5. The van der Waals surface area contributed by atoms with Crippen molar-refractivity contribution in [1.82, 2.24) is 0 Å². The van der Waals surface area contributed by atoms with E-state index in [2.05, 4.69) is 5.32 Å². The lowest BCUT2D eigenvalue weighted by atomic mass is 10.2. The first-order valence-corrected chi connectivity index (χ1v) is 6.58. The van der Waals surface area contributed by atoms with Crippen LogP contribution in [0.15, 0.2) is 30.3 Å². The third-order valence-corrected chi connectivity index (χ3v) is 3.73. The predicted molar refractivity (Wildman–Crippen MR) is 75.4 cm³/mol. The summed E-state index contributed by atoms with van der Waals surface area (Å²) >= 11 is 7.13. The number of hydrogen-bond acceptors (Lipinski definition) is 3. The molecule has 0 atom stereocenters. The molecule has 0 aliphatic carbocycles. The van der Waals surface area contributed by atoms with Crippen LogP contribution in [0.25, 0.3) is 0 Å². The van der Waals surface area contributed by atoms with Crippen molar-refractivity contribution in [3.63, 3.8) is 0 Å². The molecular weight excluding hydrogens is 286 g/mol. The Balaban J connectivity index is 2.29. The van der Waals surface area contributed by atoms with Gasteiger partial charge in [-0.1, -0.05) is 23.7 Å². The smallest absolute Gasteiger partial charge is 0.338 e. The number of anilines is 1. The van der Waals surface area contributed by atoms with Gasteiger partial charge in [-0.15, -0.1) is 11.3 Å². The third-order valence-electron chi connectivity index (χ3n) is 2.43. The van der Waals surface area contributed by atoms with E-state index in [9.17, 15) is 9.59 Å². The van der Waals surface area contributed by atoms with Gasteiger partial charge >= 0.3 is 5.97 Å². The lowest BCUT2D eigenvalue weighted by Crippen LogP contribution is -2.13. The normalized spacial score (nSPS) is 10.2. The molecule has 4 nitrogen and oxygen atoms in total. The number of carboxylic acids is 1. The second-order valence-electron chi connectivity index (χ2n) is 3.84. The van der Waals surface area contributed by atoms with Crippen molar-refractivity contribution < 1.29 is 14.7 Å². The minimum atomic E-state index is -1.07. The van der Waals surface area contributed by atoms with Crippen molar-refractivity contribution in [2.75, 3.05) is 5.32 Å². The van der Waals surface area contributed by atoms with Crippen LogP contribution in [0.4, 0.5) is 5.00 Å². The highest BCUT2D eigenvalue weighted by molar-refractivity contribution is 7.16. The van der Waals surface area contributed by atoms with Crippen molar-refractivity contribution >= 4 is 39.8 Å². The van der Waals surface area contributed by atoms with Gasteiger partial charge < -0.3 is 10.4 Å². The van der Waals surface area contributed by atoms with Gasteiger partial charge in [-0.05, 0) is 25.1 Å². The molecule has 1 heterocycles. The molecule has 1 aromatic carbocycles. The summed E-state index contributed by atoms with van der Waals surface area (Å²) in [5, 5.41) is 12.3. The van der Waals surface area contributed by atoms with E-state index in [-0.39, 0.29) is 5.56 Å². The first-order valence-electron chi connectivity index (χ1n) is 5.38. The Morgan fingerprint density at radius 3 is 2.58 bits per heavy atom. The van der Waals surface area contributed by atoms with Gasteiger partial charge in [0.25, 0.3) is 5.91 Å². The van der Waals surface area contributed by atoms with E-state index in [0.717, 1.165) is 4.88 Å². The van der Waals surface area contributed by atoms with E-state index >= 15 is 0 Å². The second kappa shape index (κ2) is 5.42. The zero-order valence-electron chi connectivity index (χ0n) is 9.94. The lowest BCUT2D eigenvalue weighted by Gasteiger charge is -2.05. The minimum absolute atomic E-state index is 0.0860. The Kier molecular flexibility index (Phi) is 3.87. The van der Waals surface area contributed by atoms with E-state index in [1.165, 1.54) is 17.4 Å². The second-order valence-corrected chi connectivity index (χ2v) is 5.50. The maximum atomic E-state index is 12.0. The van der Waals surface area contributed by atoms with Gasteiger partial charge in [0.05, 0.1) is 16.1 Å². The molecular formula is C13H10ClNO3S. The molecule has 1 aromatic heterocycles. The fourth-order valence-corrected chi connectivity index (χ4v) is 2.70. The number of carboxylic acid groups (broad SMARTS) is 1. The molecule has 0 fully saturated rings. The number of thiophene rings is 1. The van der Waals surface area contributed by atoms with E-state index < -0.39 is 11.9 Å². The highest BCUT2D eigenvalue weighted by Crippen LogP contribution is 2.28. The summed E-state index contributed by atoms with van der Waals surface area (Å²) in [6.45, 7) is 1.78. The number of nitrogens with one attached hydrogen (secondary N) is 1. The molecule has 0 bridgehead atoms. The first kappa shape index (κ1) is 13.6. The lowest BCUT2D eigenvalue weighted by molar-refractivity contribution is 0.0698. The van der Waals surface area contributed by atoms with Crippen LogP contribution in [0.5, 0.6) is 0 Å². The van der Waals surface area contributed by atoms with Crippen LogP contribution in [0.3, 0.4) is 0 Å². The number of rotatable bonds is 3. The van der Waals surface area contributed by atoms with Gasteiger partial charge in [0, 0.05) is 4.88 Å². The fourth-order valence-electron chi connectivity index (χ4n) is 1.58. The van der Waals surface area contributed by atoms with Crippen LogP contribution in [0.2, 0.25) is 5.02 Å². The van der Waals surface area contributed by atoms with E-state index in [1.807, 2.05) is 0 Å². The Bertz CT molecular complexity index is 651.